The van der Waals surface area contributed by atoms with Gasteiger partial charge >= 0.3 is 0 Å². The molecule has 1 fully saturated rings. The summed E-state index contributed by atoms with van der Waals surface area (Å²) in [4.78, 5) is 13.0. The minimum atomic E-state index is -0.993. The molecule has 1 aliphatic heterocycles. The van der Waals surface area contributed by atoms with Gasteiger partial charge in [0.15, 0.2) is 0 Å². The standard InChI is InChI=1S/C21H26N2O4/c1-21(24,15-22-12-6-3-7-13-22)16-27-20-11-10-18(23(25)26)14-19(20)17-8-4-2-5-9-17/h2,4-5,8-11,14,24H,3,6-7,12-13,15-16H2,1H3. The molecule has 3 rings (SSSR count). The smallest absolute Gasteiger partial charge is 0.270 e. The van der Waals surface area contributed by atoms with Gasteiger partial charge in [-0.05, 0) is 44.5 Å². The molecule has 0 aromatic heterocycles. The van der Waals surface area contributed by atoms with Crippen molar-refractivity contribution in [3.63, 3.8) is 0 Å². The summed E-state index contributed by atoms with van der Waals surface area (Å²) in [5, 5.41) is 21.9. The largest absolute Gasteiger partial charge is 0.490 e. The second-order valence-electron chi connectivity index (χ2n) is 7.43. The van der Waals surface area contributed by atoms with Crippen molar-refractivity contribution in [2.75, 3.05) is 26.2 Å². The van der Waals surface area contributed by atoms with Crippen LogP contribution in [0.25, 0.3) is 11.1 Å². The van der Waals surface area contributed by atoms with Gasteiger partial charge in [-0.3, -0.25) is 10.1 Å². The van der Waals surface area contributed by atoms with E-state index in [1.165, 1.54) is 18.6 Å². The third-order valence-electron chi connectivity index (χ3n) is 4.81. The third kappa shape index (κ3) is 5.28. The van der Waals surface area contributed by atoms with Gasteiger partial charge in [-0.15, -0.1) is 0 Å². The first kappa shape index (κ1) is 19.3. The van der Waals surface area contributed by atoms with E-state index in [0.717, 1.165) is 31.5 Å². The number of β-amino-alcohol motifs (C(OH)–C–C–N with tert-alkyl or cyclic N) is 1. The van der Waals surface area contributed by atoms with Gasteiger partial charge in [0, 0.05) is 24.2 Å². The first-order valence-electron chi connectivity index (χ1n) is 9.36. The fourth-order valence-corrected chi connectivity index (χ4v) is 3.48. The van der Waals surface area contributed by atoms with Gasteiger partial charge in [-0.25, -0.2) is 0 Å². The van der Waals surface area contributed by atoms with E-state index in [9.17, 15) is 15.2 Å². The quantitative estimate of drug-likeness (QED) is 0.591. The van der Waals surface area contributed by atoms with Crippen LogP contribution in [-0.4, -0.2) is 46.8 Å². The molecule has 0 bridgehead atoms. The molecule has 6 nitrogen and oxygen atoms in total. The Morgan fingerprint density at radius 1 is 1.15 bits per heavy atom. The summed E-state index contributed by atoms with van der Waals surface area (Å²) < 4.78 is 5.93. The molecule has 27 heavy (non-hydrogen) atoms. The Morgan fingerprint density at radius 3 is 2.52 bits per heavy atom. The first-order valence-corrected chi connectivity index (χ1v) is 9.36. The Hall–Kier alpha value is -2.44. The van der Waals surface area contributed by atoms with Crippen molar-refractivity contribution >= 4 is 5.69 Å². The Bertz CT molecular complexity index is 771. The topological polar surface area (TPSA) is 75.8 Å². The summed E-state index contributed by atoms with van der Waals surface area (Å²) in [5.41, 5.74) is 0.513. The number of likely N-dealkylation sites (tertiary alicyclic amines) is 1. The SMILES string of the molecule is CC(O)(COc1ccc([N+](=O)[O-])cc1-c1ccccc1)CN1CCCCC1. The monoisotopic (exact) mass is 370 g/mol. The number of ether oxygens (including phenoxy) is 1. The molecule has 1 saturated heterocycles. The first-order chi connectivity index (χ1) is 12.9. The molecule has 6 heteroatoms. The summed E-state index contributed by atoms with van der Waals surface area (Å²) in [5.74, 6) is 0.533. The fourth-order valence-electron chi connectivity index (χ4n) is 3.48. The number of hydrogen-bond acceptors (Lipinski definition) is 5. The Kier molecular flexibility index (Phi) is 6.08. The molecule has 0 saturated carbocycles. The van der Waals surface area contributed by atoms with Gasteiger partial charge < -0.3 is 14.7 Å². The number of non-ortho nitro benzene ring substituents is 1. The summed E-state index contributed by atoms with van der Waals surface area (Å²) in [7, 11) is 0. The average molecular weight is 370 g/mol. The number of rotatable bonds is 7. The summed E-state index contributed by atoms with van der Waals surface area (Å²) >= 11 is 0. The van der Waals surface area contributed by atoms with E-state index in [-0.39, 0.29) is 12.3 Å². The molecule has 1 heterocycles. The van der Waals surface area contributed by atoms with Crippen molar-refractivity contribution in [3.8, 4) is 16.9 Å². The molecule has 0 radical (unpaired) electrons. The molecule has 1 N–H and O–H groups in total. The number of nitro benzene ring substituents is 1. The Labute approximate surface area is 159 Å². The molecule has 1 atom stereocenters. The van der Waals surface area contributed by atoms with E-state index in [1.807, 2.05) is 30.3 Å². The highest BCUT2D eigenvalue weighted by Gasteiger charge is 2.26. The number of aliphatic hydroxyl groups is 1. The number of piperidine rings is 1. The predicted octanol–water partition coefficient (Wildman–Crippen LogP) is 3.88. The maximum Gasteiger partial charge on any atom is 0.270 e. The van der Waals surface area contributed by atoms with E-state index in [0.29, 0.717) is 17.9 Å². The van der Waals surface area contributed by atoms with Crippen molar-refractivity contribution in [1.29, 1.82) is 0 Å². The van der Waals surface area contributed by atoms with Crippen molar-refractivity contribution in [2.24, 2.45) is 0 Å². The van der Waals surface area contributed by atoms with Crippen LogP contribution < -0.4 is 4.74 Å². The van der Waals surface area contributed by atoms with E-state index in [1.54, 1.807) is 13.0 Å². The Morgan fingerprint density at radius 2 is 1.85 bits per heavy atom. The number of nitrogens with zero attached hydrogens (tertiary/aromatic N) is 2. The lowest BCUT2D eigenvalue weighted by Crippen LogP contribution is -2.46. The summed E-state index contributed by atoms with van der Waals surface area (Å²) in [6.45, 7) is 4.46. The van der Waals surface area contributed by atoms with Crippen molar-refractivity contribution in [3.05, 3.63) is 58.6 Å². The van der Waals surface area contributed by atoms with E-state index < -0.39 is 10.5 Å². The number of hydrogen-bond donors (Lipinski definition) is 1. The summed E-state index contributed by atoms with van der Waals surface area (Å²) in [6.07, 6.45) is 3.58. The minimum Gasteiger partial charge on any atom is -0.490 e. The molecule has 0 spiro atoms. The van der Waals surface area contributed by atoms with Crippen molar-refractivity contribution in [1.82, 2.24) is 4.90 Å². The summed E-state index contributed by atoms with van der Waals surface area (Å²) in [6, 6.07) is 14.0. The van der Waals surface area contributed by atoms with Crippen molar-refractivity contribution in [2.45, 2.75) is 31.8 Å². The van der Waals surface area contributed by atoms with Gasteiger partial charge in [0.05, 0.1) is 4.92 Å². The van der Waals surface area contributed by atoms with E-state index in [2.05, 4.69) is 4.90 Å². The van der Waals surface area contributed by atoms with Gasteiger partial charge in [0.1, 0.15) is 18.0 Å². The zero-order valence-corrected chi connectivity index (χ0v) is 15.6. The van der Waals surface area contributed by atoms with Crippen LogP contribution in [0.4, 0.5) is 5.69 Å². The zero-order valence-electron chi connectivity index (χ0n) is 15.6. The maximum absolute atomic E-state index is 11.2. The normalized spacial score (nSPS) is 17.3. The highest BCUT2D eigenvalue weighted by atomic mass is 16.6. The third-order valence-corrected chi connectivity index (χ3v) is 4.81. The van der Waals surface area contributed by atoms with Gasteiger partial charge in [0.2, 0.25) is 0 Å². The van der Waals surface area contributed by atoms with Crippen LogP contribution in [-0.2, 0) is 0 Å². The fraction of sp³-hybridized carbons (Fsp3) is 0.429. The predicted molar refractivity (Wildman–Crippen MR) is 105 cm³/mol. The van der Waals surface area contributed by atoms with Gasteiger partial charge in [0.25, 0.3) is 5.69 Å². The molecular weight excluding hydrogens is 344 g/mol. The number of nitro groups is 1. The number of benzene rings is 2. The highest BCUT2D eigenvalue weighted by Crippen LogP contribution is 2.34. The second kappa shape index (κ2) is 8.50. The van der Waals surface area contributed by atoms with E-state index >= 15 is 0 Å². The van der Waals surface area contributed by atoms with Crippen LogP contribution in [0.15, 0.2) is 48.5 Å². The second-order valence-corrected chi connectivity index (χ2v) is 7.43. The maximum atomic E-state index is 11.2. The van der Waals surface area contributed by atoms with Gasteiger partial charge in [-0.1, -0.05) is 36.8 Å². The molecule has 1 unspecified atom stereocenters. The zero-order chi connectivity index (χ0) is 19.3. The Balaban J connectivity index is 1.76. The van der Waals surface area contributed by atoms with Crippen LogP contribution in [0.3, 0.4) is 0 Å². The van der Waals surface area contributed by atoms with Crippen LogP contribution in [0, 0.1) is 10.1 Å². The highest BCUT2D eigenvalue weighted by molar-refractivity contribution is 5.72. The lowest BCUT2D eigenvalue weighted by atomic mass is 10.0. The van der Waals surface area contributed by atoms with Crippen LogP contribution in [0.2, 0.25) is 0 Å². The minimum absolute atomic E-state index is 0.0151. The van der Waals surface area contributed by atoms with Crippen LogP contribution in [0.1, 0.15) is 26.2 Å². The molecule has 0 aliphatic carbocycles. The molecule has 0 amide bonds. The molecule has 2 aromatic rings. The van der Waals surface area contributed by atoms with Crippen LogP contribution >= 0.6 is 0 Å². The molecule has 144 valence electrons. The van der Waals surface area contributed by atoms with Crippen molar-refractivity contribution < 1.29 is 14.8 Å². The lowest BCUT2D eigenvalue weighted by molar-refractivity contribution is -0.384. The molecule has 1 aliphatic rings. The average Bonchev–Trinajstić information content (AvgIpc) is 2.67. The van der Waals surface area contributed by atoms with Crippen LogP contribution in [0.5, 0.6) is 5.75 Å². The van der Waals surface area contributed by atoms with E-state index in [4.69, 9.17) is 4.74 Å². The van der Waals surface area contributed by atoms with Gasteiger partial charge in [-0.2, -0.15) is 0 Å². The molecular formula is C21H26N2O4. The molecule has 2 aromatic carbocycles. The lowest BCUT2D eigenvalue weighted by Gasteiger charge is -2.33.